The largest absolute Gasteiger partial charge is 0.457 e. The van der Waals surface area contributed by atoms with Crippen molar-refractivity contribution < 1.29 is 28.8 Å². The molecular weight excluding hydrogens is 547 g/mol. The second-order valence-corrected chi connectivity index (χ2v) is 9.20. The second kappa shape index (κ2) is 10.6. The number of fused-ring (bicyclic) bond motifs is 1. The fourth-order valence-electron chi connectivity index (χ4n) is 3.94. The molecule has 4 aromatic carbocycles. The number of rotatable bonds is 7. The predicted octanol–water partition coefficient (Wildman–Crippen LogP) is 6.85. The van der Waals surface area contributed by atoms with Crippen molar-refractivity contribution >= 4 is 52.4 Å². The third-order valence-corrected chi connectivity index (χ3v) is 6.54. The Morgan fingerprint density at radius 3 is 2.10 bits per heavy atom. The fraction of sp³-hybridized carbons (Fsp3) is 0.0357. The van der Waals surface area contributed by atoms with Gasteiger partial charge in [-0.15, -0.1) is 0 Å². The van der Waals surface area contributed by atoms with Crippen LogP contribution in [0.3, 0.4) is 0 Å². The molecule has 1 heterocycles. The molecule has 0 bridgehead atoms. The molecule has 4 aromatic rings. The van der Waals surface area contributed by atoms with E-state index in [2.05, 4.69) is 0 Å². The lowest BCUT2D eigenvalue weighted by Gasteiger charge is -2.15. The highest BCUT2D eigenvalue weighted by atomic mass is 35.5. The van der Waals surface area contributed by atoms with Gasteiger partial charge in [0.1, 0.15) is 18.1 Å². The van der Waals surface area contributed by atoms with Gasteiger partial charge >= 0.3 is 5.97 Å². The number of carbonyl (C=O) groups excluding carboxylic acids is 3. The molecular formula is C28H16Cl2N2O7. The van der Waals surface area contributed by atoms with E-state index in [0.29, 0.717) is 17.1 Å². The Kier molecular flexibility index (Phi) is 7.02. The number of nitrogens with zero attached hydrogens (tertiary/aromatic N) is 2. The summed E-state index contributed by atoms with van der Waals surface area (Å²) < 4.78 is 11.2. The van der Waals surface area contributed by atoms with Crippen LogP contribution >= 0.6 is 23.2 Å². The van der Waals surface area contributed by atoms with Gasteiger partial charge in [0.2, 0.25) is 0 Å². The van der Waals surface area contributed by atoms with Crippen molar-refractivity contribution in [1.29, 1.82) is 0 Å². The highest BCUT2D eigenvalue weighted by Crippen LogP contribution is 2.34. The van der Waals surface area contributed by atoms with Crippen LogP contribution in [-0.4, -0.2) is 22.7 Å². The maximum atomic E-state index is 12.9. The summed E-state index contributed by atoms with van der Waals surface area (Å²) >= 11 is 12.0. The third kappa shape index (κ3) is 5.31. The zero-order valence-electron chi connectivity index (χ0n) is 19.8. The number of hydrogen-bond acceptors (Lipinski definition) is 7. The summed E-state index contributed by atoms with van der Waals surface area (Å²) in [5.41, 5.74) is 1.16. The van der Waals surface area contributed by atoms with E-state index in [1.807, 2.05) is 0 Å². The molecule has 0 atom stereocenters. The number of non-ortho nitro benzene ring substituents is 1. The lowest BCUT2D eigenvalue weighted by atomic mass is 10.1. The van der Waals surface area contributed by atoms with Gasteiger partial charge in [-0.25, -0.2) is 9.69 Å². The molecule has 1 aliphatic heterocycles. The van der Waals surface area contributed by atoms with Gasteiger partial charge in [0, 0.05) is 12.1 Å². The summed E-state index contributed by atoms with van der Waals surface area (Å²) in [4.78, 5) is 49.9. The van der Waals surface area contributed by atoms with Gasteiger partial charge in [0.15, 0.2) is 0 Å². The topological polar surface area (TPSA) is 116 Å². The predicted molar refractivity (Wildman–Crippen MR) is 143 cm³/mol. The van der Waals surface area contributed by atoms with Crippen molar-refractivity contribution in [3.05, 3.63) is 127 Å². The summed E-state index contributed by atoms with van der Waals surface area (Å²) in [7, 11) is 0. The van der Waals surface area contributed by atoms with Crippen molar-refractivity contribution in [3.8, 4) is 11.5 Å². The van der Waals surface area contributed by atoms with Crippen molar-refractivity contribution in [1.82, 2.24) is 0 Å². The zero-order valence-corrected chi connectivity index (χ0v) is 21.3. The zero-order chi connectivity index (χ0) is 27.7. The van der Waals surface area contributed by atoms with Crippen molar-refractivity contribution in [2.75, 3.05) is 4.90 Å². The van der Waals surface area contributed by atoms with Gasteiger partial charge in [-0.2, -0.15) is 0 Å². The number of hydrogen-bond donors (Lipinski definition) is 0. The second-order valence-electron chi connectivity index (χ2n) is 8.38. The molecule has 2 amide bonds. The Morgan fingerprint density at radius 2 is 1.46 bits per heavy atom. The third-order valence-electron chi connectivity index (χ3n) is 5.82. The maximum absolute atomic E-state index is 12.9. The minimum Gasteiger partial charge on any atom is -0.457 e. The van der Waals surface area contributed by atoms with E-state index >= 15 is 0 Å². The first-order valence-electron chi connectivity index (χ1n) is 11.4. The number of amides is 2. The number of imide groups is 1. The van der Waals surface area contributed by atoms with Crippen LogP contribution in [0.25, 0.3) is 0 Å². The van der Waals surface area contributed by atoms with Crippen LogP contribution < -0.4 is 9.64 Å². The lowest BCUT2D eigenvalue weighted by molar-refractivity contribution is -0.384. The van der Waals surface area contributed by atoms with Crippen molar-refractivity contribution in [2.45, 2.75) is 6.61 Å². The maximum Gasteiger partial charge on any atom is 0.338 e. The number of nitro groups is 1. The minimum absolute atomic E-state index is 0.0520. The minimum atomic E-state index is -0.666. The van der Waals surface area contributed by atoms with Gasteiger partial charge in [0.25, 0.3) is 17.5 Å². The first-order chi connectivity index (χ1) is 18.7. The van der Waals surface area contributed by atoms with Crippen LogP contribution in [0.2, 0.25) is 10.0 Å². The number of esters is 1. The average Bonchev–Trinajstić information content (AvgIpc) is 3.16. The van der Waals surface area contributed by atoms with E-state index < -0.39 is 22.7 Å². The number of carbonyl (C=O) groups is 3. The summed E-state index contributed by atoms with van der Waals surface area (Å²) in [6.45, 7) is -0.0788. The van der Waals surface area contributed by atoms with Gasteiger partial charge < -0.3 is 9.47 Å². The molecule has 9 nitrogen and oxygen atoms in total. The van der Waals surface area contributed by atoms with Gasteiger partial charge in [0.05, 0.1) is 37.3 Å². The van der Waals surface area contributed by atoms with E-state index in [9.17, 15) is 24.5 Å². The quantitative estimate of drug-likeness (QED) is 0.104. The van der Waals surface area contributed by atoms with Crippen LogP contribution in [0.1, 0.15) is 36.6 Å². The standard InChI is InChI=1S/C28H16Cl2N2O7/c29-24-13-22-23(14-25(24)30)27(34)31(26(22)33)19-5-2-4-17(12-19)28(35)38-15-16-3-1-6-21(11-16)39-20-9-7-18(8-10-20)32(36)37/h1-14H,15H2. The van der Waals surface area contributed by atoms with E-state index in [0.717, 1.165) is 4.90 Å². The highest BCUT2D eigenvalue weighted by molar-refractivity contribution is 6.44. The van der Waals surface area contributed by atoms with Gasteiger partial charge in [-0.3, -0.25) is 19.7 Å². The Bertz CT molecular complexity index is 1610. The molecule has 0 radical (unpaired) electrons. The number of ether oxygens (including phenoxy) is 2. The van der Waals surface area contributed by atoms with Gasteiger partial charge in [-0.1, -0.05) is 41.4 Å². The first kappa shape index (κ1) is 25.9. The average molecular weight is 563 g/mol. The monoisotopic (exact) mass is 562 g/mol. The molecule has 0 spiro atoms. The Hall–Kier alpha value is -4.73. The number of anilines is 1. The molecule has 1 aliphatic rings. The van der Waals surface area contributed by atoms with Crippen molar-refractivity contribution in [2.24, 2.45) is 0 Å². The van der Waals surface area contributed by atoms with E-state index in [4.69, 9.17) is 32.7 Å². The van der Waals surface area contributed by atoms with Crippen molar-refractivity contribution in [3.63, 3.8) is 0 Å². The molecule has 0 aromatic heterocycles. The molecule has 0 unspecified atom stereocenters. The molecule has 0 saturated carbocycles. The summed E-state index contributed by atoms with van der Waals surface area (Å²) in [5.74, 6) is -0.969. The fourth-order valence-corrected chi connectivity index (χ4v) is 4.27. The summed E-state index contributed by atoms with van der Waals surface area (Å²) in [6.07, 6.45) is 0. The SMILES string of the molecule is O=C(OCc1cccc(Oc2ccc([N+](=O)[O-])cc2)c1)c1cccc(N2C(=O)c3cc(Cl)c(Cl)cc3C2=O)c1. The smallest absolute Gasteiger partial charge is 0.338 e. The van der Waals surface area contributed by atoms with Crippen LogP contribution in [0.15, 0.2) is 84.9 Å². The van der Waals surface area contributed by atoms with Gasteiger partial charge in [-0.05, 0) is 60.2 Å². The number of halogens is 2. The molecule has 0 saturated heterocycles. The van der Waals surface area contributed by atoms with E-state index in [1.54, 1.807) is 24.3 Å². The number of nitro benzene ring substituents is 1. The normalized spacial score (nSPS) is 12.3. The van der Waals surface area contributed by atoms with E-state index in [1.165, 1.54) is 60.7 Å². The number of benzene rings is 4. The molecule has 0 aliphatic carbocycles. The first-order valence-corrected chi connectivity index (χ1v) is 12.1. The lowest BCUT2D eigenvalue weighted by Crippen LogP contribution is -2.29. The van der Waals surface area contributed by atoms with Crippen LogP contribution in [0, 0.1) is 10.1 Å². The molecule has 39 heavy (non-hydrogen) atoms. The Morgan fingerprint density at radius 1 is 0.821 bits per heavy atom. The summed E-state index contributed by atoms with van der Waals surface area (Å²) in [5, 5.41) is 11.1. The molecule has 11 heteroatoms. The Labute approximate surface area is 231 Å². The highest BCUT2D eigenvalue weighted by Gasteiger charge is 2.37. The molecule has 5 rings (SSSR count). The molecule has 0 N–H and O–H groups in total. The molecule has 194 valence electrons. The van der Waals surface area contributed by atoms with Crippen LogP contribution in [0.5, 0.6) is 11.5 Å². The Balaban J connectivity index is 1.27. The van der Waals surface area contributed by atoms with Crippen LogP contribution in [0.4, 0.5) is 11.4 Å². The molecule has 0 fully saturated rings. The van der Waals surface area contributed by atoms with Crippen LogP contribution in [-0.2, 0) is 11.3 Å². The summed E-state index contributed by atoms with van der Waals surface area (Å²) in [6, 6.07) is 21.1. The van der Waals surface area contributed by atoms with E-state index in [-0.39, 0.29) is 44.7 Å².